The van der Waals surface area contributed by atoms with Crippen molar-refractivity contribution in [1.29, 1.82) is 0 Å². The van der Waals surface area contributed by atoms with Crippen LogP contribution in [0.3, 0.4) is 0 Å². The zero-order valence-corrected chi connectivity index (χ0v) is 17.0. The summed E-state index contributed by atoms with van der Waals surface area (Å²) in [4.78, 5) is 12.5. The van der Waals surface area contributed by atoms with Crippen LogP contribution in [0, 0.1) is 0 Å². The summed E-state index contributed by atoms with van der Waals surface area (Å²) in [5, 5.41) is 3.07. The van der Waals surface area contributed by atoms with Gasteiger partial charge in [0.05, 0.1) is 29.6 Å². The maximum atomic E-state index is 12.5. The third-order valence-electron chi connectivity index (χ3n) is 3.88. The Morgan fingerprint density at radius 1 is 1.19 bits per heavy atom. The molecular weight excluding hydrogens is 388 g/mol. The Hall–Kier alpha value is -2.25. The van der Waals surface area contributed by atoms with Crippen LogP contribution in [0.4, 0.5) is 5.69 Å². The minimum Gasteiger partial charge on any atom is -0.494 e. The molecule has 0 aliphatic carbocycles. The number of para-hydroxylation sites is 1. The quantitative estimate of drug-likeness (QED) is 0.723. The first-order valence-electron chi connectivity index (χ1n) is 8.46. The Kier molecular flexibility index (Phi) is 7.10. The monoisotopic (exact) mass is 410 g/mol. The van der Waals surface area contributed by atoms with E-state index in [2.05, 4.69) is 5.32 Å². The molecule has 1 amide bonds. The molecule has 0 bridgehead atoms. The fourth-order valence-corrected chi connectivity index (χ4v) is 3.71. The predicted molar refractivity (Wildman–Crippen MR) is 108 cm³/mol. The Balaban J connectivity index is 2.10. The zero-order chi connectivity index (χ0) is 20.0. The molecule has 0 saturated heterocycles. The highest BCUT2D eigenvalue weighted by atomic mass is 35.5. The first-order chi connectivity index (χ1) is 12.7. The number of carbonyl (C=O) groups excluding carboxylic acids is 1. The van der Waals surface area contributed by atoms with Crippen LogP contribution in [0.2, 0.25) is 5.02 Å². The number of hydrogen-bond donors (Lipinski definition) is 1. The van der Waals surface area contributed by atoms with Crippen molar-refractivity contribution in [2.24, 2.45) is 0 Å². The summed E-state index contributed by atoms with van der Waals surface area (Å²) in [5.74, 6) is 0.323. The third kappa shape index (κ3) is 5.87. The van der Waals surface area contributed by atoms with Crippen LogP contribution >= 0.6 is 11.6 Å². The Bertz CT molecular complexity index is 885. The van der Waals surface area contributed by atoms with Crippen LogP contribution in [-0.2, 0) is 14.8 Å². The lowest BCUT2D eigenvalue weighted by Crippen LogP contribution is -2.41. The Morgan fingerprint density at radius 3 is 2.37 bits per heavy atom. The van der Waals surface area contributed by atoms with Crippen LogP contribution in [0.5, 0.6) is 5.75 Å². The van der Waals surface area contributed by atoms with Crippen molar-refractivity contribution in [2.45, 2.75) is 19.9 Å². The van der Waals surface area contributed by atoms with Gasteiger partial charge in [0.1, 0.15) is 12.3 Å². The van der Waals surface area contributed by atoms with Crippen LogP contribution < -0.4 is 14.4 Å². The van der Waals surface area contributed by atoms with Crippen molar-refractivity contribution in [2.75, 3.05) is 23.7 Å². The smallest absolute Gasteiger partial charge is 0.241 e. The zero-order valence-electron chi connectivity index (χ0n) is 15.5. The molecule has 0 aliphatic heterocycles. The number of sulfonamides is 1. The molecule has 2 aromatic carbocycles. The van der Waals surface area contributed by atoms with E-state index in [1.54, 1.807) is 24.3 Å². The lowest BCUT2D eigenvalue weighted by Gasteiger charge is -2.24. The van der Waals surface area contributed by atoms with Gasteiger partial charge in [0.25, 0.3) is 0 Å². The molecule has 1 N–H and O–H groups in total. The number of ether oxygens (including phenoxy) is 1. The van der Waals surface area contributed by atoms with E-state index < -0.39 is 15.9 Å². The van der Waals surface area contributed by atoms with Crippen molar-refractivity contribution >= 4 is 33.2 Å². The van der Waals surface area contributed by atoms with E-state index in [-0.39, 0.29) is 23.3 Å². The SMILES string of the molecule is CCOc1ccc([C@@H](C)NC(=O)CN(c2ccccc2Cl)S(C)(=O)=O)cc1. The highest BCUT2D eigenvalue weighted by Gasteiger charge is 2.23. The highest BCUT2D eigenvalue weighted by molar-refractivity contribution is 7.92. The van der Waals surface area contributed by atoms with Crippen molar-refractivity contribution in [3.63, 3.8) is 0 Å². The molecule has 1 atom stereocenters. The van der Waals surface area contributed by atoms with Crippen molar-refractivity contribution < 1.29 is 17.9 Å². The van der Waals surface area contributed by atoms with E-state index >= 15 is 0 Å². The van der Waals surface area contributed by atoms with E-state index in [1.165, 1.54) is 0 Å². The predicted octanol–water partition coefficient (Wildman–Crippen LogP) is 3.38. The number of nitrogens with one attached hydrogen (secondary N) is 1. The van der Waals surface area contributed by atoms with Gasteiger partial charge in [-0.1, -0.05) is 35.9 Å². The fourth-order valence-electron chi connectivity index (χ4n) is 2.56. The summed E-state index contributed by atoms with van der Waals surface area (Å²) >= 11 is 6.10. The molecule has 0 unspecified atom stereocenters. The molecule has 0 fully saturated rings. The maximum absolute atomic E-state index is 12.5. The van der Waals surface area contributed by atoms with Gasteiger partial charge in [-0.3, -0.25) is 9.10 Å². The number of halogens is 1. The number of hydrogen-bond acceptors (Lipinski definition) is 4. The number of carbonyl (C=O) groups is 1. The van der Waals surface area contributed by atoms with Gasteiger partial charge in [0.2, 0.25) is 15.9 Å². The molecule has 0 spiro atoms. The summed E-state index contributed by atoms with van der Waals surface area (Å²) in [7, 11) is -3.68. The van der Waals surface area contributed by atoms with Gasteiger partial charge in [-0.05, 0) is 43.7 Å². The molecule has 0 radical (unpaired) electrons. The number of rotatable bonds is 8. The maximum Gasteiger partial charge on any atom is 0.241 e. The van der Waals surface area contributed by atoms with Gasteiger partial charge in [-0.2, -0.15) is 0 Å². The molecule has 0 saturated carbocycles. The lowest BCUT2D eigenvalue weighted by molar-refractivity contribution is -0.120. The molecule has 0 heterocycles. The summed E-state index contributed by atoms with van der Waals surface area (Å²) < 4.78 is 30.7. The minimum atomic E-state index is -3.68. The van der Waals surface area contributed by atoms with Crippen molar-refractivity contribution in [3.8, 4) is 5.75 Å². The minimum absolute atomic E-state index is 0.260. The molecule has 2 aromatic rings. The lowest BCUT2D eigenvalue weighted by atomic mass is 10.1. The van der Waals surface area contributed by atoms with Gasteiger partial charge < -0.3 is 10.1 Å². The van der Waals surface area contributed by atoms with E-state index in [0.717, 1.165) is 21.9 Å². The van der Waals surface area contributed by atoms with E-state index in [4.69, 9.17) is 16.3 Å². The molecule has 27 heavy (non-hydrogen) atoms. The van der Waals surface area contributed by atoms with E-state index in [0.29, 0.717) is 6.61 Å². The van der Waals surface area contributed by atoms with Crippen molar-refractivity contribution in [1.82, 2.24) is 5.32 Å². The number of anilines is 1. The summed E-state index contributed by atoms with van der Waals surface area (Å²) in [6, 6.07) is 13.6. The fraction of sp³-hybridized carbons (Fsp3) is 0.316. The number of nitrogens with zero attached hydrogens (tertiary/aromatic N) is 1. The second kappa shape index (κ2) is 9.10. The van der Waals surface area contributed by atoms with Crippen LogP contribution in [0.1, 0.15) is 25.5 Å². The summed E-state index contributed by atoms with van der Waals surface area (Å²) in [6.07, 6.45) is 1.04. The molecule has 146 valence electrons. The molecule has 0 aliphatic rings. The second-order valence-corrected chi connectivity index (χ2v) is 8.33. The first-order valence-corrected chi connectivity index (χ1v) is 10.7. The number of amides is 1. The van der Waals surface area contributed by atoms with Crippen LogP contribution in [0.25, 0.3) is 0 Å². The number of benzene rings is 2. The average molecular weight is 411 g/mol. The van der Waals surface area contributed by atoms with Gasteiger partial charge >= 0.3 is 0 Å². The third-order valence-corrected chi connectivity index (χ3v) is 5.32. The summed E-state index contributed by atoms with van der Waals surface area (Å²) in [6.45, 7) is 3.95. The van der Waals surface area contributed by atoms with Gasteiger partial charge in [-0.15, -0.1) is 0 Å². The Morgan fingerprint density at radius 2 is 1.81 bits per heavy atom. The topological polar surface area (TPSA) is 75.7 Å². The molecule has 0 aromatic heterocycles. The molecule has 8 heteroatoms. The van der Waals surface area contributed by atoms with Gasteiger partial charge in [0.15, 0.2) is 0 Å². The van der Waals surface area contributed by atoms with Gasteiger partial charge in [-0.25, -0.2) is 8.42 Å². The highest BCUT2D eigenvalue weighted by Crippen LogP contribution is 2.27. The van der Waals surface area contributed by atoms with E-state index in [9.17, 15) is 13.2 Å². The average Bonchev–Trinajstić information content (AvgIpc) is 2.60. The second-order valence-electron chi connectivity index (χ2n) is 6.01. The standard InChI is InChI=1S/C19H23ClN2O4S/c1-4-26-16-11-9-15(10-12-16)14(2)21-19(23)13-22(27(3,24)25)18-8-6-5-7-17(18)20/h5-12,14H,4,13H2,1-3H3,(H,21,23)/t14-/m1/s1. The normalized spacial score (nSPS) is 12.3. The summed E-state index contributed by atoms with van der Waals surface area (Å²) in [5.41, 5.74) is 1.15. The molecule has 6 nitrogen and oxygen atoms in total. The van der Waals surface area contributed by atoms with Crippen LogP contribution in [0.15, 0.2) is 48.5 Å². The first kappa shape index (κ1) is 21.1. The van der Waals surface area contributed by atoms with Crippen LogP contribution in [-0.4, -0.2) is 33.7 Å². The largest absolute Gasteiger partial charge is 0.494 e. The van der Waals surface area contributed by atoms with Crippen molar-refractivity contribution in [3.05, 3.63) is 59.1 Å². The molecular formula is C19H23ClN2O4S. The van der Waals surface area contributed by atoms with Gasteiger partial charge in [0, 0.05) is 0 Å². The Labute approximate surface area is 165 Å². The molecule has 2 rings (SSSR count). The van der Waals surface area contributed by atoms with E-state index in [1.807, 2.05) is 38.1 Å².